The molecule has 0 aromatic carbocycles. The van der Waals surface area contributed by atoms with E-state index >= 15 is 0 Å². The van der Waals surface area contributed by atoms with E-state index in [0.717, 1.165) is 0 Å². The Morgan fingerprint density at radius 2 is 2.15 bits per heavy atom. The molecule has 114 valence electrons. The second kappa shape index (κ2) is 7.04. The summed E-state index contributed by atoms with van der Waals surface area (Å²) in [5, 5.41) is 8.66. The lowest BCUT2D eigenvalue weighted by atomic mass is 9.97. The number of carbonyl (C=O) groups is 1. The summed E-state index contributed by atoms with van der Waals surface area (Å²) < 4.78 is 24.6. The van der Waals surface area contributed by atoms with Crippen LogP contribution in [0.3, 0.4) is 0 Å². The molecule has 1 saturated heterocycles. The highest BCUT2D eigenvalue weighted by Crippen LogP contribution is 2.21. The van der Waals surface area contributed by atoms with E-state index in [9.17, 15) is 13.2 Å². The Bertz CT molecular complexity index is 482. The number of hydrogen-bond acceptors (Lipinski definition) is 4. The normalized spacial score (nSPS) is 20.6. The van der Waals surface area contributed by atoms with Crippen LogP contribution in [-0.2, 0) is 14.8 Å². The van der Waals surface area contributed by atoms with Gasteiger partial charge in [0.25, 0.3) is 0 Å². The van der Waals surface area contributed by atoms with Crippen LogP contribution in [0.5, 0.6) is 0 Å². The third-order valence-corrected chi connectivity index (χ3v) is 4.84. The number of rotatable bonds is 5. The average Bonchev–Trinajstić information content (AvgIpc) is 2.37. The number of nitriles is 1. The molecule has 1 aliphatic rings. The highest BCUT2D eigenvalue weighted by molar-refractivity contribution is 7.88. The van der Waals surface area contributed by atoms with E-state index in [1.54, 1.807) is 4.90 Å². The van der Waals surface area contributed by atoms with Crippen LogP contribution in [-0.4, -0.2) is 55.5 Å². The van der Waals surface area contributed by atoms with Gasteiger partial charge in [-0.05, 0) is 26.7 Å². The molecule has 6 nitrogen and oxygen atoms in total. The molecular formula is C13H23N3O3S. The highest BCUT2D eigenvalue weighted by atomic mass is 32.2. The van der Waals surface area contributed by atoms with Gasteiger partial charge >= 0.3 is 0 Å². The van der Waals surface area contributed by atoms with Crippen molar-refractivity contribution in [2.45, 2.75) is 39.2 Å². The minimum absolute atomic E-state index is 0.0180. The van der Waals surface area contributed by atoms with Crippen LogP contribution in [0.2, 0.25) is 0 Å². The lowest BCUT2D eigenvalue weighted by molar-refractivity contribution is -0.138. The first-order chi connectivity index (χ1) is 9.27. The van der Waals surface area contributed by atoms with Crippen LogP contribution in [0, 0.1) is 17.2 Å². The standard InChI is InChI=1S/C13H23N3O3S/c1-11(2)16(9-5-7-14)13(17)12-6-4-8-15(10-12)20(3,18)19/h11-12H,4-6,8-10H2,1-3H3/t12-/m0/s1. The van der Waals surface area contributed by atoms with Crippen LogP contribution in [0.1, 0.15) is 33.1 Å². The molecule has 0 aromatic rings. The fourth-order valence-electron chi connectivity index (χ4n) is 2.47. The van der Waals surface area contributed by atoms with Gasteiger partial charge < -0.3 is 4.90 Å². The van der Waals surface area contributed by atoms with E-state index in [4.69, 9.17) is 5.26 Å². The van der Waals surface area contributed by atoms with Crippen molar-refractivity contribution in [3.8, 4) is 6.07 Å². The topological polar surface area (TPSA) is 81.5 Å². The lowest BCUT2D eigenvalue weighted by Gasteiger charge is -2.35. The van der Waals surface area contributed by atoms with Gasteiger partial charge in [-0.15, -0.1) is 0 Å². The van der Waals surface area contributed by atoms with Gasteiger partial charge in [-0.2, -0.15) is 5.26 Å². The number of piperidine rings is 1. The van der Waals surface area contributed by atoms with Crippen LogP contribution in [0.25, 0.3) is 0 Å². The van der Waals surface area contributed by atoms with Gasteiger partial charge in [0.05, 0.1) is 24.7 Å². The molecule has 20 heavy (non-hydrogen) atoms. The number of sulfonamides is 1. The number of hydrogen-bond donors (Lipinski definition) is 0. The minimum Gasteiger partial charge on any atom is -0.339 e. The predicted molar refractivity (Wildman–Crippen MR) is 76.2 cm³/mol. The second-order valence-electron chi connectivity index (χ2n) is 5.49. The monoisotopic (exact) mass is 301 g/mol. The summed E-state index contributed by atoms with van der Waals surface area (Å²) in [6.45, 7) is 4.97. The zero-order chi connectivity index (χ0) is 15.3. The van der Waals surface area contributed by atoms with Crippen molar-refractivity contribution in [3.05, 3.63) is 0 Å². The van der Waals surface area contributed by atoms with Gasteiger partial charge in [0, 0.05) is 25.7 Å². The van der Waals surface area contributed by atoms with Crippen molar-refractivity contribution in [3.63, 3.8) is 0 Å². The molecule has 0 aliphatic carbocycles. The fraction of sp³-hybridized carbons (Fsp3) is 0.846. The maximum atomic E-state index is 12.5. The zero-order valence-corrected chi connectivity index (χ0v) is 13.2. The Labute approximate surface area is 121 Å². The summed E-state index contributed by atoms with van der Waals surface area (Å²) in [6, 6.07) is 2.06. The van der Waals surface area contributed by atoms with Crippen LogP contribution in [0.15, 0.2) is 0 Å². The van der Waals surface area contributed by atoms with E-state index in [1.807, 2.05) is 19.9 Å². The van der Waals surface area contributed by atoms with Crippen molar-refractivity contribution in [2.24, 2.45) is 5.92 Å². The van der Waals surface area contributed by atoms with E-state index in [1.165, 1.54) is 10.6 Å². The maximum absolute atomic E-state index is 12.5. The molecule has 1 atom stereocenters. The van der Waals surface area contributed by atoms with Crippen LogP contribution in [0.4, 0.5) is 0 Å². The summed E-state index contributed by atoms with van der Waals surface area (Å²) in [5.74, 6) is -0.330. The summed E-state index contributed by atoms with van der Waals surface area (Å²) >= 11 is 0. The molecule has 1 fully saturated rings. The molecule has 0 N–H and O–H groups in total. The third-order valence-electron chi connectivity index (χ3n) is 3.57. The number of carbonyl (C=O) groups excluding carboxylic acids is 1. The van der Waals surface area contributed by atoms with Crippen molar-refractivity contribution in [1.29, 1.82) is 5.26 Å². The lowest BCUT2D eigenvalue weighted by Crippen LogP contribution is -2.48. The van der Waals surface area contributed by atoms with Crippen LogP contribution >= 0.6 is 0 Å². The average molecular weight is 301 g/mol. The van der Waals surface area contributed by atoms with Gasteiger partial charge in [0.2, 0.25) is 15.9 Å². The van der Waals surface area contributed by atoms with E-state index in [2.05, 4.69) is 0 Å². The summed E-state index contributed by atoms with van der Waals surface area (Å²) in [4.78, 5) is 14.2. The van der Waals surface area contributed by atoms with E-state index in [0.29, 0.717) is 32.4 Å². The molecule has 0 saturated carbocycles. The smallest absolute Gasteiger partial charge is 0.227 e. The first-order valence-corrected chi connectivity index (χ1v) is 8.74. The number of amides is 1. The van der Waals surface area contributed by atoms with Crippen molar-refractivity contribution >= 4 is 15.9 Å². The van der Waals surface area contributed by atoms with Crippen molar-refractivity contribution in [1.82, 2.24) is 9.21 Å². The van der Waals surface area contributed by atoms with Crippen molar-refractivity contribution < 1.29 is 13.2 Å². The Hall–Kier alpha value is -1.13. The van der Waals surface area contributed by atoms with Gasteiger partial charge in [-0.25, -0.2) is 12.7 Å². The minimum atomic E-state index is -3.24. The largest absolute Gasteiger partial charge is 0.339 e. The molecule has 1 rings (SSSR count). The van der Waals surface area contributed by atoms with Crippen LogP contribution < -0.4 is 0 Å². The molecule has 0 spiro atoms. The summed E-state index contributed by atoms with van der Waals surface area (Å²) in [7, 11) is -3.24. The maximum Gasteiger partial charge on any atom is 0.227 e. The molecule has 0 aromatic heterocycles. The molecule has 1 heterocycles. The van der Waals surface area contributed by atoms with Gasteiger partial charge in [-0.3, -0.25) is 4.79 Å². The Kier molecular flexibility index (Phi) is 5.96. The Balaban J connectivity index is 2.76. The van der Waals surface area contributed by atoms with Gasteiger partial charge in [-0.1, -0.05) is 0 Å². The Morgan fingerprint density at radius 1 is 1.50 bits per heavy atom. The summed E-state index contributed by atoms with van der Waals surface area (Å²) in [6.07, 6.45) is 2.89. The molecular weight excluding hydrogens is 278 g/mol. The second-order valence-corrected chi connectivity index (χ2v) is 7.48. The van der Waals surface area contributed by atoms with E-state index in [-0.39, 0.29) is 24.4 Å². The molecule has 1 amide bonds. The SMILES string of the molecule is CC(C)N(CCC#N)C(=O)[C@H]1CCCN(S(C)(=O)=O)C1. The number of nitrogens with zero attached hydrogens (tertiary/aromatic N) is 3. The fourth-order valence-corrected chi connectivity index (χ4v) is 3.38. The Morgan fingerprint density at radius 3 is 2.65 bits per heavy atom. The quantitative estimate of drug-likeness (QED) is 0.752. The first kappa shape index (κ1) is 16.9. The predicted octanol–water partition coefficient (Wildman–Crippen LogP) is 0.809. The molecule has 1 aliphatic heterocycles. The van der Waals surface area contributed by atoms with Crippen molar-refractivity contribution in [2.75, 3.05) is 25.9 Å². The molecule has 0 bridgehead atoms. The zero-order valence-electron chi connectivity index (χ0n) is 12.4. The van der Waals surface area contributed by atoms with E-state index < -0.39 is 10.0 Å². The summed E-state index contributed by atoms with van der Waals surface area (Å²) in [5.41, 5.74) is 0. The molecule has 0 radical (unpaired) electrons. The van der Waals surface area contributed by atoms with Gasteiger partial charge in [0.1, 0.15) is 0 Å². The molecule has 0 unspecified atom stereocenters. The first-order valence-electron chi connectivity index (χ1n) is 6.90. The molecule has 7 heteroatoms. The van der Waals surface area contributed by atoms with Gasteiger partial charge in [0.15, 0.2) is 0 Å². The highest BCUT2D eigenvalue weighted by Gasteiger charge is 2.33. The third kappa shape index (κ3) is 4.46.